The first-order valence-corrected chi connectivity index (χ1v) is 10.0. The molecule has 2 aromatic heterocycles. The summed E-state index contributed by atoms with van der Waals surface area (Å²) < 4.78 is 23.2. The Hall–Kier alpha value is -4.34. The molecule has 0 unspecified atom stereocenters. The van der Waals surface area contributed by atoms with Gasteiger partial charge in [-0.2, -0.15) is 0 Å². The van der Waals surface area contributed by atoms with Gasteiger partial charge in [0.25, 0.3) is 0 Å². The van der Waals surface area contributed by atoms with Crippen molar-refractivity contribution in [2.45, 2.75) is 13.8 Å². The summed E-state index contributed by atoms with van der Waals surface area (Å²) in [6.07, 6.45) is 1.67. The van der Waals surface area contributed by atoms with Crippen LogP contribution in [0.2, 0.25) is 0 Å². The average Bonchev–Trinajstić information content (AvgIpc) is 3.13. The fourth-order valence-electron chi connectivity index (χ4n) is 3.43. The summed E-state index contributed by atoms with van der Waals surface area (Å²) in [5, 5.41) is 7.78. The number of carbonyl (C=O) groups is 1. The summed E-state index contributed by atoms with van der Waals surface area (Å²) in [5.74, 6) is 2.30. The van der Waals surface area contributed by atoms with Crippen LogP contribution in [0.3, 0.4) is 0 Å². The van der Waals surface area contributed by atoms with Crippen LogP contribution in [-0.2, 0) is 4.79 Å². The van der Waals surface area contributed by atoms with Crippen LogP contribution in [0.4, 0.5) is 11.6 Å². The molecular weight excluding hydrogens is 426 g/mol. The van der Waals surface area contributed by atoms with E-state index in [4.69, 9.17) is 18.9 Å². The molecule has 0 saturated carbocycles. The standard InChI is InChI=1S/C23H23N5O5/c1-13-17-12-24-23(26-15-10-19(30-3)21(32-5)20(11-15)31-4)27-28(17)22(25-13)16-8-6-7-9-18(16)33-14(2)29/h6-12H,1-5H3,(H,26,27). The molecule has 0 aliphatic carbocycles. The number of imidazole rings is 1. The smallest absolute Gasteiger partial charge is 0.308 e. The second kappa shape index (κ2) is 9.03. The molecular formula is C23H23N5O5. The van der Waals surface area contributed by atoms with Gasteiger partial charge in [0.1, 0.15) is 11.3 Å². The van der Waals surface area contributed by atoms with Crippen LogP contribution < -0.4 is 24.3 Å². The van der Waals surface area contributed by atoms with Crippen LogP contribution in [0.25, 0.3) is 16.9 Å². The van der Waals surface area contributed by atoms with E-state index in [0.29, 0.717) is 46.0 Å². The van der Waals surface area contributed by atoms with Crippen LogP contribution >= 0.6 is 0 Å². The van der Waals surface area contributed by atoms with Crippen molar-refractivity contribution in [1.82, 2.24) is 19.6 Å². The molecule has 2 aromatic carbocycles. The number of benzene rings is 2. The summed E-state index contributed by atoms with van der Waals surface area (Å²) in [7, 11) is 4.64. The van der Waals surface area contributed by atoms with Gasteiger partial charge in [-0.05, 0) is 19.1 Å². The average molecular weight is 449 g/mol. The lowest BCUT2D eigenvalue weighted by Crippen LogP contribution is -2.06. The summed E-state index contributed by atoms with van der Waals surface area (Å²) in [6.45, 7) is 3.22. The van der Waals surface area contributed by atoms with Crippen molar-refractivity contribution >= 4 is 23.1 Å². The van der Waals surface area contributed by atoms with Gasteiger partial charge in [-0.15, -0.1) is 5.10 Å². The number of hydrogen-bond donors (Lipinski definition) is 1. The first-order chi connectivity index (χ1) is 15.9. The number of nitrogens with zero attached hydrogens (tertiary/aromatic N) is 4. The maximum Gasteiger partial charge on any atom is 0.308 e. The summed E-state index contributed by atoms with van der Waals surface area (Å²) in [6, 6.07) is 10.7. The number of aromatic nitrogens is 4. The van der Waals surface area contributed by atoms with Crippen LogP contribution in [0.5, 0.6) is 23.0 Å². The predicted octanol–water partition coefficient (Wildman–Crippen LogP) is 3.79. The van der Waals surface area contributed by atoms with Gasteiger partial charge in [0, 0.05) is 24.7 Å². The van der Waals surface area contributed by atoms with Gasteiger partial charge in [-0.3, -0.25) is 4.79 Å². The van der Waals surface area contributed by atoms with Gasteiger partial charge in [-0.1, -0.05) is 12.1 Å². The molecule has 0 atom stereocenters. The number of carbonyl (C=O) groups excluding carboxylic acids is 1. The zero-order valence-electron chi connectivity index (χ0n) is 18.9. The van der Waals surface area contributed by atoms with E-state index >= 15 is 0 Å². The van der Waals surface area contributed by atoms with Crippen molar-refractivity contribution in [2.75, 3.05) is 26.6 Å². The molecule has 1 N–H and O–H groups in total. The highest BCUT2D eigenvalue weighted by molar-refractivity contribution is 5.76. The van der Waals surface area contributed by atoms with Crippen molar-refractivity contribution in [3.05, 3.63) is 48.3 Å². The van der Waals surface area contributed by atoms with Crippen LogP contribution in [0.15, 0.2) is 42.6 Å². The molecule has 33 heavy (non-hydrogen) atoms. The normalized spacial score (nSPS) is 10.7. The Morgan fingerprint density at radius 3 is 2.33 bits per heavy atom. The summed E-state index contributed by atoms with van der Waals surface area (Å²) in [5.41, 5.74) is 2.73. The molecule has 0 bridgehead atoms. The fourth-order valence-corrected chi connectivity index (χ4v) is 3.43. The maximum absolute atomic E-state index is 11.6. The van der Waals surface area contributed by atoms with Gasteiger partial charge < -0.3 is 24.3 Å². The van der Waals surface area contributed by atoms with Gasteiger partial charge in [0.2, 0.25) is 11.7 Å². The van der Waals surface area contributed by atoms with E-state index in [1.54, 1.807) is 56.3 Å². The van der Waals surface area contributed by atoms with Crippen molar-refractivity contribution in [2.24, 2.45) is 0 Å². The van der Waals surface area contributed by atoms with E-state index in [1.807, 2.05) is 19.1 Å². The lowest BCUT2D eigenvalue weighted by Gasteiger charge is -2.14. The molecule has 170 valence electrons. The largest absolute Gasteiger partial charge is 0.493 e. The number of fused-ring (bicyclic) bond motifs is 1. The van der Waals surface area contributed by atoms with E-state index in [0.717, 1.165) is 11.2 Å². The molecule has 0 aliphatic rings. The lowest BCUT2D eigenvalue weighted by molar-refractivity contribution is -0.131. The molecule has 10 nitrogen and oxygen atoms in total. The predicted molar refractivity (Wildman–Crippen MR) is 122 cm³/mol. The van der Waals surface area contributed by atoms with Gasteiger partial charge in [0.15, 0.2) is 17.3 Å². The minimum Gasteiger partial charge on any atom is -0.493 e. The molecule has 0 fully saturated rings. The van der Waals surface area contributed by atoms with Crippen molar-refractivity contribution < 1.29 is 23.7 Å². The van der Waals surface area contributed by atoms with E-state index in [1.165, 1.54) is 6.92 Å². The highest BCUT2D eigenvalue weighted by Gasteiger charge is 2.18. The quantitative estimate of drug-likeness (QED) is 0.333. The first-order valence-electron chi connectivity index (χ1n) is 10.0. The summed E-state index contributed by atoms with van der Waals surface area (Å²) >= 11 is 0. The minimum absolute atomic E-state index is 0.320. The highest BCUT2D eigenvalue weighted by Crippen LogP contribution is 2.40. The number of rotatable bonds is 7. The molecule has 4 aromatic rings. The number of aryl methyl sites for hydroxylation is 1. The molecule has 0 aliphatic heterocycles. The van der Waals surface area contributed by atoms with Gasteiger partial charge in [-0.25, -0.2) is 14.5 Å². The Balaban J connectivity index is 1.78. The van der Waals surface area contributed by atoms with Crippen LogP contribution in [0, 0.1) is 6.92 Å². The Bertz CT molecular complexity index is 1310. The third-order valence-corrected chi connectivity index (χ3v) is 4.88. The van der Waals surface area contributed by atoms with E-state index in [-0.39, 0.29) is 0 Å². The number of nitrogens with one attached hydrogen (secondary N) is 1. The van der Waals surface area contributed by atoms with E-state index in [2.05, 4.69) is 20.4 Å². The molecule has 10 heteroatoms. The number of methoxy groups -OCH3 is 3. The molecule has 0 amide bonds. The number of para-hydroxylation sites is 1. The van der Waals surface area contributed by atoms with E-state index < -0.39 is 5.97 Å². The highest BCUT2D eigenvalue weighted by atomic mass is 16.5. The number of anilines is 2. The van der Waals surface area contributed by atoms with Gasteiger partial charge in [0.05, 0.1) is 38.8 Å². The molecule has 0 spiro atoms. The van der Waals surface area contributed by atoms with Crippen LogP contribution in [-0.4, -0.2) is 46.9 Å². The van der Waals surface area contributed by atoms with Gasteiger partial charge >= 0.3 is 5.97 Å². The Morgan fingerprint density at radius 2 is 1.70 bits per heavy atom. The third kappa shape index (κ3) is 4.22. The third-order valence-electron chi connectivity index (χ3n) is 4.88. The minimum atomic E-state index is -0.417. The first kappa shape index (κ1) is 21.9. The second-order valence-corrected chi connectivity index (χ2v) is 7.03. The van der Waals surface area contributed by atoms with E-state index in [9.17, 15) is 4.79 Å². The maximum atomic E-state index is 11.6. The van der Waals surface area contributed by atoms with Crippen molar-refractivity contribution in [3.8, 4) is 34.4 Å². The Morgan fingerprint density at radius 1 is 1.00 bits per heavy atom. The number of ether oxygens (including phenoxy) is 4. The molecule has 0 radical (unpaired) electrons. The zero-order chi connectivity index (χ0) is 23.5. The molecule has 2 heterocycles. The molecule has 4 rings (SSSR count). The fraction of sp³-hybridized carbons (Fsp3) is 0.217. The Labute approximate surface area is 190 Å². The summed E-state index contributed by atoms with van der Waals surface area (Å²) in [4.78, 5) is 20.6. The molecule has 0 saturated heterocycles. The topological polar surface area (TPSA) is 109 Å². The second-order valence-electron chi connectivity index (χ2n) is 7.03. The Kier molecular flexibility index (Phi) is 5.99. The van der Waals surface area contributed by atoms with Crippen LogP contribution in [0.1, 0.15) is 12.6 Å². The van der Waals surface area contributed by atoms with Crippen molar-refractivity contribution in [3.63, 3.8) is 0 Å². The lowest BCUT2D eigenvalue weighted by atomic mass is 10.2. The zero-order valence-corrected chi connectivity index (χ0v) is 18.9. The number of hydrogen-bond acceptors (Lipinski definition) is 9. The number of esters is 1. The monoisotopic (exact) mass is 449 g/mol. The van der Waals surface area contributed by atoms with Crippen molar-refractivity contribution in [1.29, 1.82) is 0 Å². The SMILES string of the molecule is COc1cc(Nc2ncc3c(C)nc(-c4ccccc4OC(C)=O)n3n2)cc(OC)c1OC.